The fraction of sp³-hybridized carbons (Fsp3) is 0.136. The number of rotatable bonds is 4. The average molecular weight is 426 g/mol. The van der Waals surface area contributed by atoms with E-state index in [0.29, 0.717) is 34.0 Å². The molecule has 0 N–H and O–H groups in total. The van der Waals surface area contributed by atoms with Crippen LogP contribution in [0.2, 0.25) is 0 Å². The lowest BCUT2D eigenvalue weighted by molar-refractivity contribution is -0.137. The normalized spacial score (nSPS) is 11.5. The van der Waals surface area contributed by atoms with Gasteiger partial charge in [0.05, 0.1) is 37.0 Å². The maximum atomic E-state index is 12.8. The standard InChI is InChI=1S/C22H17F3N4O2/c1-28(21(30)15-5-9-17(31-2)10-6-15)20-13-29-18(11-26-19(29)12-27-20)14-3-7-16(8-4-14)22(23,24)25/h3-13H,1-2H3. The second kappa shape index (κ2) is 7.75. The topological polar surface area (TPSA) is 59.7 Å². The second-order valence-electron chi connectivity index (χ2n) is 6.78. The van der Waals surface area contributed by atoms with Crippen LogP contribution in [-0.4, -0.2) is 34.4 Å². The summed E-state index contributed by atoms with van der Waals surface area (Å²) >= 11 is 0. The number of ether oxygens (including phenoxy) is 1. The molecule has 31 heavy (non-hydrogen) atoms. The van der Waals surface area contributed by atoms with Gasteiger partial charge in [0.15, 0.2) is 11.5 Å². The highest BCUT2D eigenvalue weighted by molar-refractivity contribution is 6.05. The van der Waals surface area contributed by atoms with Crippen LogP contribution in [-0.2, 0) is 6.18 Å². The highest BCUT2D eigenvalue weighted by atomic mass is 19.4. The van der Waals surface area contributed by atoms with E-state index in [4.69, 9.17) is 4.74 Å². The Kier molecular flexibility index (Phi) is 5.10. The minimum Gasteiger partial charge on any atom is -0.497 e. The predicted octanol–water partition coefficient (Wildman–Crippen LogP) is 4.70. The first-order valence-electron chi connectivity index (χ1n) is 9.21. The molecule has 2 aromatic heterocycles. The molecule has 0 aliphatic heterocycles. The number of anilines is 1. The van der Waals surface area contributed by atoms with Gasteiger partial charge in [0.2, 0.25) is 0 Å². The lowest BCUT2D eigenvalue weighted by Crippen LogP contribution is -2.27. The third kappa shape index (κ3) is 3.94. The van der Waals surface area contributed by atoms with Crippen LogP contribution in [0.1, 0.15) is 15.9 Å². The third-order valence-electron chi connectivity index (χ3n) is 4.88. The van der Waals surface area contributed by atoms with Crippen molar-refractivity contribution in [3.63, 3.8) is 0 Å². The molecule has 1 amide bonds. The molecule has 2 aromatic carbocycles. The summed E-state index contributed by atoms with van der Waals surface area (Å²) in [5.41, 5.74) is 1.37. The van der Waals surface area contributed by atoms with Crippen LogP contribution in [0.4, 0.5) is 19.0 Å². The summed E-state index contributed by atoms with van der Waals surface area (Å²) in [6.45, 7) is 0. The second-order valence-corrected chi connectivity index (χ2v) is 6.78. The van der Waals surface area contributed by atoms with Gasteiger partial charge in [0.25, 0.3) is 5.91 Å². The van der Waals surface area contributed by atoms with Crippen LogP contribution < -0.4 is 9.64 Å². The Hall–Kier alpha value is -3.88. The van der Waals surface area contributed by atoms with E-state index in [2.05, 4.69) is 9.97 Å². The number of imidazole rings is 1. The van der Waals surface area contributed by atoms with Crippen LogP contribution in [0, 0.1) is 0 Å². The van der Waals surface area contributed by atoms with Gasteiger partial charge in [-0.05, 0) is 36.4 Å². The Morgan fingerprint density at radius 3 is 2.29 bits per heavy atom. The van der Waals surface area contributed by atoms with Gasteiger partial charge in [-0.1, -0.05) is 12.1 Å². The van der Waals surface area contributed by atoms with Crippen molar-refractivity contribution < 1.29 is 22.7 Å². The Morgan fingerprint density at radius 2 is 1.68 bits per heavy atom. The summed E-state index contributed by atoms with van der Waals surface area (Å²) in [5, 5.41) is 0. The monoisotopic (exact) mass is 426 g/mol. The molecule has 4 rings (SSSR count). The minimum atomic E-state index is -4.40. The van der Waals surface area contributed by atoms with Crippen LogP contribution in [0.25, 0.3) is 16.9 Å². The molecule has 0 spiro atoms. The summed E-state index contributed by atoms with van der Waals surface area (Å²) in [5.74, 6) is 0.725. The maximum absolute atomic E-state index is 12.8. The molecule has 158 valence electrons. The molecule has 0 aliphatic rings. The van der Waals surface area contributed by atoms with Gasteiger partial charge < -0.3 is 4.74 Å². The van der Waals surface area contributed by atoms with Crippen molar-refractivity contribution in [3.8, 4) is 17.0 Å². The van der Waals surface area contributed by atoms with Gasteiger partial charge in [-0.3, -0.25) is 14.1 Å². The van der Waals surface area contributed by atoms with Crippen molar-refractivity contribution in [3.05, 3.63) is 78.2 Å². The fourth-order valence-electron chi connectivity index (χ4n) is 3.13. The van der Waals surface area contributed by atoms with Crippen molar-refractivity contribution >= 4 is 17.4 Å². The van der Waals surface area contributed by atoms with Gasteiger partial charge in [0.1, 0.15) is 5.75 Å². The van der Waals surface area contributed by atoms with E-state index in [1.165, 1.54) is 23.2 Å². The first kappa shape index (κ1) is 20.4. The number of halogens is 3. The summed E-state index contributed by atoms with van der Waals surface area (Å²) < 4.78 is 45.3. The molecular formula is C22H17F3N4O2. The maximum Gasteiger partial charge on any atom is 0.416 e. The average Bonchev–Trinajstić information content (AvgIpc) is 3.21. The number of hydrogen-bond acceptors (Lipinski definition) is 4. The van der Waals surface area contributed by atoms with Gasteiger partial charge in [-0.2, -0.15) is 13.2 Å². The fourth-order valence-corrected chi connectivity index (χ4v) is 3.13. The Labute approximate surface area is 175 Å². The smallest absolute Gasteiger partial charge is 0.416 e. The van der Waals surface area contributed by atoms with Crippen molar-refractivity contribution in [1.82, 2.24) is 14.4 Å². The predicted molar refractivity (Wildman–Crippen MR) is 109 cm³/mol. The lowest BCUT2D eigenvalue weighted by atomic mass is 10.1. The van der Waals surface area contributed by atoms with Crippen molar-refractivity contribution in [2.75, 3.05) is 19.1 Å². The molecule has 0 saturated carbocycles. The van der Waals surface area contributed by atoms with E-state index in [9.17, 15) is 18.0 Å². The van der Waals surface area contributed by atoms with E-state index >= 15 is 0 Å². The number of benzene rings is 2. The number of nitrogens with zero attached hydrogens (tertiary/aromatic N) is 4. The molecule has 0 atom stereocenters. The molecule has 0 saturated heterocycles. The Bertz CT molecular complexity index is 1230. The zero-order valence-electron chi connectivity index (χ0n) is 16.6. The number of fused-ring (bicyclic) bond motifs is 1. The number of carbonyl (C=O) groups is 1. The van der Waals surface area contributed by atoms with Gasteiger partial charge in [0, 0.05) is 18.2 Å². The molecule has 9 heteroatoms. The lowest BCUT2D eigenvalue weighted by Gasteiger charge is -2.17. The minimum absolute atomic E-state index is 0.273. The largest absolute Gasteiger partial charge is 0.497 e. The Balaban J connectivity index is 1.66. The molecule has 6 nitrogen and oxygen atoms in total. The molecule has 0 fully saturated rings. The number of hydrogen-bond donors (Lipinski definition) is 0. The SMILES string of the molecule is COc1ccc(C(=O)N(C)c2cn3c(-c4ccc(C(F)(F)F)cc4)cnc3cn2)cc1. The van der Waals surface area contributed by atoms with E-state index in [1.54, 1.807) is 55.2 Å². The van der Waals surface area contributed by atoms with Crippen LogP contribution in [0.15, 0.2) is 67.1 Å². The highest BCUT2D eigenvalue weighted by Gasteiger charge is 2.30. The molecule has 0 unspecified atom stereocenters. The van der Waals surface area contributed by atoms with Crippen LogP contribution in [0.5, 0.6) is 5.75 Å². The van der Waals surface area contributed by atoms with Crippen molar-refractivity contribution in [2.24, 2.45) is 0 Å². The van der Waals surface area contributed by atoms with Gasteiger partial charge in [-0.15, -0.1) is 0 Å². The summed E-state index contributed by atoms with van der Waals surface area (Å²) in [6, 6.07) is 11.5. The summed E-state index contributed by atoms with van der Waals surface area (Å²) in [7, 11) is 3.14. The molecule has 0 aliphatic carbocycles. The summed E-state index contributed by atoms with van der Waals surface area (Å²) in [6.07, 6.45) is 0.270. The van der Waals surface area contributed by atoms with E-state index in [-0.39, 0.29) is 5.91 Å². The number of amides is 1. The van der Waals surface area contributed by atoms with Crippen molar-refractivity contribution in [2.45, 2.75) is 6.18 Å². The molecule has 4 aromatic rings. The van der Waals surface area contributed by atoms with E-state index < -0.39 is 11.7 Å². The van der Waals surface area contributed by atoms with Crippen LogP contribution in [0.3, 0.4) is 0 Å². The zero-order valence-corrected chi connectivity index (χ0v) is 16.6. The zero-order chi connectivity index (χ0) is 22.2. The first-order chi connectivity index (χ1) is 14.8. The number of aromatic nitrogens is 3. The van der Waals surface area contributed by atoms with Crippen LogP contribution >= 0.6 is 0 Å². The van der Waals surface area contributed by atoms with E-state index in [0.717, 1.165) is 12.1 Å². The Morgan fingerprint density at radius 1 is 1.00 bits per heavy atom. The molecule has 2 heterocycles. The molecule has 0 radical (unpaired) electrons. The van der Waals surface area contributed by atoms with E-state index in [1.807, 2.05) is 0 Å². The van der Waals surface area contributed by atoms with Crippen molar-refractivity contribution in [1.29, 1.82) is 0 Å². The number of alkyl halides is 3. The number of methoxy groups -OCH3 is 1. The molecular weight excluding hydrogens is 409 g/mol. The van der Waals surface area contributed by atoms with Gasteiger partial charge >= 0.3 is 6.18 Å². The number of carbonyl (C=O) groups excluding carboxylic acids is 1. The van der Waals surface area contributed by atoms with Gasteiger partial charge in [-0.25, -0.2) is 9.97 Å². The first-order valence-corrected chi connectivity index (χ1v) is 9.21. The third-order valence-corrected chi connectivity index (χ3v) is 4.88. The quantitative estimate of drug-likeness (QED) is 0.475. The summed E-state index contributed by atoms with van der Waals surface area (Å²) in [4.78, 5) is 22.7. The highest BCUT2D eigenvalue weighted by Crippen LogP contribution is 2.31. The molecule has 0 bridgehead atoms.